The fourth-order valence-electron chi connectivity index (χ4n) is 2.63. The van der Waals surface area contributed by atoms with Gasteiger partial charge in [-0.05, 0) is 45.8 Å². The number of para-hydroxylation sites is 2. The Morgan fingerprint density at radius 2 is 2.11 bits per heavy atom. The number of hydrogen-bond acceptors (Lipinski definition) is 5. The highest BCUT2D eigenvalue weighted by Gasteiger charge is 2.27. The Bertz CT molecular complexity index is 995. The lowest BCUT2D eigenvalue weighted by Crippen LogP contribution is -2.40. The first kappa shape index (κ1) is 18.3. The number of ether oxygens (including phenoxy) is 2. The van der Waals surface area contributed by atoms with Crippen molar-refractivity contribution in [2.45, 2.75) is 12.5 Å². The third kappa shape index (κ3) is 4.26. The highest BCUT2D eigenvalue weighted by molar-refractivity contribution is 9.10. The Balaban J connectivity index is 1.39. The van der Waals surface area contributed by atoms with Crippen LogP contribution < -0.4 is 14.8 Å². The molecule has 1 N–H and O–H groups in total. The Hall–Kier alpha value is -2.09. The van der Waals surface area contributed by atoms with Crippen LogP contribution in [0.2, 0.25) is 5.02 Å². The minimum absolute atomic E-state index is 0.165. The molecule has 138 valence electrons. The monoisotopic (exact) mass is 464 g/mol. The zero-order chi connectivity index (χ0) is 18.8. The van der Waals surface area contributed by atoms with E-state index in [1.54, 1.807) is 12.3 Å². The topological polar surface area (TPSA) is 60.5 Å². The minimum atomic E-state index is -0.711. The van der Waals surface area contributed by atoms with E-state index in [1.165, 1.54) is 11.3 Å². The van der Waals surface area contributed by atoms with Crippen molar-refractivity contribution in [2.24, 2.45) is 0 Å². The van der Waals surface area contributed by atoms with Crippen molar-refractivity contribution in [1.82, 2.24) is 4.98 Å². The van der Waals surface area contributed by atoms with Gasteiger partial charge in [0.2, 0.25) is 6.10 Å². The zero-order valence-corrected chi connectivity index (χ0v) is 17.1. The molecular weight excluding hydrogens is 452 g/mol. The SMILES string of the molecule is O=C(Nc1ncc(Cc2ccc(Br)c(Cl)c2)s1)C1COc2ccccc2O1. The normalized spacial score (nSPS) is 15.4. The third-order valence-corrected chi connectivity index (χ3v) is 6.09. The number of aromatic nitrogens is 1. The molecule has 3 aromatic rings. The molecule has 0 saturated heterocycles. The lowest BCUT2D eigenvalue weighted by molar-refractivity contribution is -0.125. The smallest absolute Gasteiger partial charge is 0.270 e. The molecule has 1 aliphatic heterocycles. The summed E-state index contributed by atoms with van der Waals surface area (Å²) in [5, 5.41) is 3.99. The van der Waals surface area contributed by atoms with Gasteiger partial charge < -0.3 is 9.47 Å². The summed E-state index contributed by atoms with van der Waals surface area (Å²) in [5.41, 5.74) is 1.07. The molecule has 8 heteroatoms. The molecule has 27 heavy (non-hydrogen) atoms. The number of thiazole rings is 1. The van der Waals surface area contributed by atoms with E-state index in [9.17, 15) is 4.79 Å². The number of rotatable bonds is 4. The van der Waals surface area contributed by atoms with Gasteiger partial charge in [-0.15, -0.1) is 11.3 Å². The Morgan fingerprint density at radius 3 is 2.93 bits per heavy atom. The molecule has 2 heterocycles. The average molecular weight is 466 g/mol. The molecule has 0 saturated carbocycles. The molecule has 1 amide bonds. The van der Waals surface area contributed by atoms with Gasteiger partial charge in [0.25, 0.3) is 5.91 Å². The van der Waals surface area contributed by atoms with E-state index < -0.39 is 6.10 Å². The Kier molecular flexibility index (Phi) is 5.33. The summed E-state index contributed by atoms with van der Waals surface area (Å²) < 4.78 is 12.2. The van der Waals surface area contributed by atoms with Crippen LogP contribution in [0, 0.1) is 0 Å². The molecule has 0 aliphatic carbocycles. The van der Waals surface area contributed by atoms with Crippen LogP contribution in [-0.4, -0.2) is 23.6 Å². The van der Waals surface area contributed by atoms with Crippen LogP contribution >= 0.6 is 38.9 Å². The summed E-state index contributed by atoms with van der Waals surface area (Å²) in [6.07, 6.45) is 1.73. The van der Waals surface area contributed by atoms with Gasteiger partial charge in [0.05, 0.1) is 5.02 Å². The molecule has 1 aliphatic rings. The van der Waals surface area contributed by atoms with Gasteiger partial charge in [-0.1, -0.05) is 29.8 Å². The highest BCUT2D eigenvalue weighted by Crippen LogP contribution is 2.31. The number of nitrogens with one attached hydrogen (secondary N) is 1. The van der Waals surface area contributed by atoms with Crippen LogP contribution in [0.1, 0.15) is 10.4 Å². The number of carbonyl (C=O) groups is 1. The van der Waals surface area contributed by atoms with E-state index in [0.717, 1.165) is 14.9 Å². The van der Waals surface area contributed by atoms with Gasteiger partial charge in [-0.2, -0.15) is 0 Å². The maximum atomic E-state index is 12.5. The van der Waals surface area contributed by atoms with Crippen molar-refractivity contribution in [3.05, 3.63) is 68.6 Å². The maximum absolute atomic E-state index is 12.5. The molecule has 1 atom stereocenters. The molecule has 2 aromatic carbocycles. The largest absolute Gasteiger partial charge is 0.485 e. The lowest BCUT2D eigenvalue weighted by atomic mass is 10.1. The number of nitrogens with zero attached hydrogens (tertiary/aromatic N) is 1. The molecule has 0 radical (unpaired) electrons. The first-order chi connectivity index (χ1) is 13.1. The van der Waals surface area contributed by atoms with Gasteiger partial charge in [-0.25, -0.2) is 4.98 Å². The number of halogens is 2. The van der Waals surface area contributed by atoms with Crippen LogP contribution in [-0.2, 0) is 11.2 Å². The molecular formula is C19H14BrClN2O3S. The van der Waals surface area contributed by atoms with Crippen LogP contribution in [0.15, 0.2) is 53.1 Å². The molecule has 5 nitrogen and oxygen atoms in total. The van der Waals surface area contributed by atoms with Gasteiger partial charge in [-0.3, -0.25) is 10.1 Å². The fraction of sp³-hybridized carbons (Fsp3) is 0.158. The maximum Gasteiger partial charge on any atom is 0.270 e. The number of fused-ring (bicyclic) bond motifs is 1. The van der Waals surface area contributed by atoms with E-state index in [0.29, 0.717) is 28.1 Å². The predicted molar refractivity (Wildman–Crippen MR) is 109 cm³/mol. The van der Waals surface area contributed by atoms with Crippen molar-refractivity contribution in [1.29, 1.82) is 0 Å². The summed E-state index contributed by atoms with van der Waals surface area (Å²) in [4.78, 5) is 17.8. The van der Waals surface area contributed by atoms with Gasteiger partial charge >= 0.3 is 0 Å². The van der Waals surface area contributed by atoms with Crippen molar-refractivity contribution >= 4 is 49.9 Å². The van der Waals surface area contributed by atoms with Gasteiger partial charge in [0.1, 0.15) is 6.61 Å². The second-order valence-electron chi connectivity index (χ2n) is 5.91. The second kappa shape index (κ2) is 7.88. The number of hydrogen-bond donors (Lipinski definition) is 1. The molecule has 0 fully saturated rings. The average Bonchev–Trinajstić information content (AvgIpc) is 3.11. The number of amides is 1. The standard InChI is InChI=1S/C19H14BrClN2O3S/c20-13-6-5-11(8-14(13)21)7-12-9-22-19(27-12)23-18(24)17-10-25-15-3-1-2-4-16(15)26-17/h1-6,8-9,17H,7,10H2,(H,22,23,24). The molecule has 0 spiro atoms. The van der Waals surface area contributed by atoms with Gasteiger partial charge in [0.15, 0.2) is 16.6 Å². The minimum Gasteiger partial charge on any atom is -0.485 e. The molecule has 1 aromatic heterocycles. The molecule has 4 rings (SSSR count). The number of benzene rings is 2. The predicted octanol–water partition coefficient (Wildman–Crippen LogP) is 4.93. The summed E-state index contributed by atoms with van der Waals surface area (Å²) in [5.74, 6) is 0.930. The lowest BCUT2D eigenvalue weighted by Gasteiger charge is -2.25. The van der Waals surface area contributed by atoms with Crippen LogP contribution in [0.3, 0.4) is 0 Å². The molecule has 1 unspecified atom stereocenters. The van der Waals surface area contributed by atoms with E-state index >= 15 is 0 Å². The summed E-state index contributed by atoms with van der Waals surface area (Å²) in [6.45, 7) is 0.165. The summed E-state index contributed by atoms with van der Waals surface area (Å²) >= 11 is 10.9. The second-order valence-corrected chi connectivity index (χ2v) is 8.29. The number of anilines is 1. The Morgan fingerprint density at radius 1 is 1.30 bits per heavy atom. The first-order valence-corrected chi connectivity index (χ1v) is 10.2. The van der Waals surface area contributed by atoms with E-state index in [2.05, 4.69) is 26.2 Å². The quantitative estimate of drug-likeness (QED) is 0.594. The van der Waals surface area contributed by atoms with Crippen LogP contribution in [0.25, 0.3) is 0 Å². The van der Waals surface area contributed by atoms with E-state index in [1.807, 2.05) is 36.4 Å². The van der Waals surface area contributed by atoms with Crippen LogP contribution in [0.5, 0.6) is 11.5 Å². The third-order valence-electron chi connectivity index (χ3n) is 3.95. The fourth-order valence-corrected chi connectivity index (χ4v) is 3.93. The summed E-state index contributed by atoms with van der Waals surface area (Å²) in [7, 11) is 0. The van der Waals surface area contributed by atoms with Crippen molar-refractivity contribution < 1.29 is 14.3 Å². The van der Waals surface area contributed by atoms with Crippen molar-refractivity contribution in [3.63, 3.8) is 0 Å². The van der Waals surface area contributed by atoms with Crippen LogP contribution in [0.4, 0.5) is 5.13 Å². The van der Waals surface area contributed by atoms with Crippen molar-refractivity contribution in [3.8, 4) is 11.5 Å². The van der Waals surface area contributed by atoms with Crippen molar-refractivity contribution in [2.75, 3.05) is 11.9 Å². The van der Waals surface area contributed by atoms with E-state index in [4.69, 9.17) is 21.1 Å². The molecule has 0 bridgehead atoms. The van der Waals surface area contributed by atoms with E-state index in [-0.39, 0.29) is 12.5 Å². The highest BCUT2D eigenvalue weighted by atomic mass is 79.9. The summed E-state index contributed by atoms with van der Waals surface area (Å²) in [6, 6.07) is 13.1. The first-order valence-electron chi connectivity index (χ1n) is 8.16. The van der Waals surface area contributed by atoms with Gasteiger partial charge in [0, 0.05) is 22.0 Å². The Labute approximate surface area is 173 Å². The number of carbonyl (C=O) groups excluding carboxylic acids is 1. The zero-order valence-electron chi connectivity index (χ0n) is 13.9.